The van der Waals surface area contributed by atoms with Gasteiger partial charge in [0, 0.05) is 25.4 Å². The monoisotopic (exact) mass is 251 g/mol. The molecule has 4 nitrogen and oxygen atoms in total. The van der Waals surface area contributed by atoms with Crippen LogP contribution in [0.15, 0.2) is 30.7 Å². The second-order valence-electron chi connectivity index (χ2n) is 3.77. The van der Waals surface area contributed by atoms with E-state index in [0.29, 0.717) is 23.7 Å². The summed E-state index contributed by atoms with van der Waals surface area (Å²) in [5, 5.41) is 14.8. The number of rotatable bonds is 4. The lowest BCUT2D eigenvalue weighted by Gasteiger charge is -2.13. The molecule has 2 aromatic rings. The first-order chi connectivity index (χ1) is 8.22. The van der Waals surface area contributed by atoms with Gasteiger partial charge in [0.15, 0.2) is 0 Å². The van der Waals surface area contributed by atoms with E-state index in [9.17, 15) is 5.11 Å². The zero-order valence-corrected chi connectivity index (χ0v) is 10.3. The minimum atomic E-state index is -0.646. The molecule has 0 bridgehead atoms. The van der Waals surface area contributed by atoms with Crippen LogP contribution in [0.3, 0.4) is 0 Å². The molecule has 2 heterocycles. The average molecular weight is 252 g/mol. The van der Waals surface area contributed by atoms with Gasteiger partial charge < -0.3 is 5.11 Å². The van der Waals surface area contributed by atoms with Crippen molar-refractivity contribution in [3.8, 4) is 0 Å². The van der Waals surface area contributed by atoms with E-state index in [0.717, 1.165) is 5.56 Å². The van der Waals surface area contributed by atoms with Crippen LogP contribution in [0.1, 0.15) is 24.3 Å². The summed E-state index contributed by atoms with van der Waals surface area (Å²) in [5.74, 6) is 0. The van der Waals surface area contributed by atoms with Crippen LogP contribution in [-0.2, 0) is 13.0 Å². The highest BCUT2D eigenvalue weighted by Crippen LogP contribution is 2.25. The first kappa shape index (κ1) is 12.1. The van der Waals surface area contributed by atoms with Gasteiger partial charge in [0.25, 0.3) is 0 Å². The highest BCUT2D eigenvalue weighted by Gasteiger charge is 2.17. The highest BCUT2D eigenvalue weighted by molar-refractivity contribution is 6.31. The Hall–Kier alpha value is -1.39. The van der Waals surface area contributed by atoms with Gasteiger partial charge >= 0.3 is 0 Å². The van der Waals surface area contributed by atoms with Gasteiger partial charge in [-0.3, -0.25) is 9.67 Å². The maximum atomic E-state index is 10.2. The molecule has 1 unspecified atom stereocenters. The minimum Gasteiger partial charge on any atom is -0.386 e. The number of aryl methyl sites for hydroxylation is 1. The topological polar surface area (TPSA) is 50.9 Å². The Kier molecular flexibility index (Phi) is 3.76. The number of aliphatic hydroxyl groups excluding tert-OH is 1. The normalized spacial score (nSPS) is 12.6. The number of halogens is 1. The Morgan fingerprint density at radius 1 is 1.41 bits per heavy atom. The second kappa shape index (κ2) is 5.29. The summed E-state index contributed by atoms with van der Waals surface area (Å²) in [5.41, 5.74) is 1.69. The Bertz CT molecular complexity index is 484. The molecule has 0 saturated heterocycles. The summed E-state index contributed by atoms with van der Waals surface area (Å²) in [6.07, 6.45) is 4.85. The molecular formula is C12H14ClN3O. The van der Waals surface area contributed by atoms with E-state index in [1.54, 1.807) is 23.3 Å². The standard InChI is InChI=1S/C12H14ClN3O/c1-2-16-12(10(13)8-15-16)11(17)7-9-3-5-14-6-4-9/h3-6,8,11,17H,2,7H2,1H3. The zero-order chi connectivity index (χ0) is 12.3. The van der Waals surface area contributed by atoms with Crippen molar-refractivity contribution >= 4 is 11.6 Å². The maximum absolute atomic E-state index is 10.2. The van der Waals surface area contributed by atoms with Crippen LogP contribution in [0.5, 0.6) is 0 Å². The number of aromatic nitrogens is 3. The third-order valence-electron chi connectivity index (χ3n) is 2.63. The van der Waals surface area contributed by atoms with Crippen molar-refractivity contribution in [1.29, 1.82) is 0 Å². The fourth-order valence-electron chi connectivity index (χ4n) is 1.79. The lowest BCUT2D eigenvalue weighted by Crippen LogP contribution is -2.10. The molecule has 2 rings (SSSR count). The van der Waals surface area contributed by atoms with Gasteiger partial charge in [-0.1, -0.05) is 11.6 Å². The van der Waals surface area contributed by atoms with Gasteiger partial charge in [0.1, 0.15) is 6.10 Å². The first-order valence-corrected chi connectivity index (χ1v) is 5.88. The molecule has 1 atom stereocenters. The first-order valence-electron chi connectivity index (χ1n) is 5.50. The second-order valence-corrected chi connectivity index (χ2v) is 4.18. The molecule has 0 aliphatic heterocycles. The molecule has 0 aliphatic rings. The predicted molar refractivity (Wildman–Crippen MR) is 65.8 cm³/mol. The van der Waals surface area contributed by atoms with E-state index in [1.807, 2.05) is 19.1 Å². The summed E-state index contributed by atoms with van der Waals surface area (Å²) >= 11 is 6.03. The Morgan fingerprint density at radius 2 is 2.12 bits per heavy atom. The molecule has 17 heavy (non-hydrogen) atoms. The van der Waals surface area contributed by atoms with E-state index in [1.165, 1.54) is 0 Å². The van der Waals surface area contributed by atoms with Gasteiger partial charge in [-0.15, -0.1) is 0 Å². The fourth-order valence-corrected chi connectivity index (χ4v) is 2.06. The molecule has 0 radical (unpaired) electrons. The molecule has 0 amide bonds. The van der Waals surface area contributed by atoms with Gasteiger partial charge in [-0.2, -0.15) is 5.10 Å². The van der Waals surface area contributed by atoms with Crippen molar-refractivity contribution in [3.63, 3.8) is 0 Å². The van der Waals surface area contributed by atoms with Gasteiger partial charge in [0.05, 0.1) is 16.9 Å². The van der Waals surface area contributed by atoms with Crippen molar-refractivity contribution in [2.75, 3.05) is 0 Å². The molecule has 1 N–H and O–H groups in total. The number of nitrogens with zero attached hydrogens (tertiary/aromatic N) is 3. The number of pyridine rings is 1. The van der Waals surface area contributed by atoms with Crippen LogP contribution in [0.25, 0.3) is 0 Å². The van der Waals surface area contributed by atoms with E-state index < -0.39 is 6.10 Å². The molecule has 5 heteroatoms. The van der Waals surface area contributed by atoms with Crippen LogP contribution in [0, 0.1) is 0 Å². The number of hydrogen-bond acceptors (Lipinski definition) is 3. The molecule has 2 aromatic heterocycles. The van der Waals surface area contributed by atoms with E-state index in [2.05, 4.69) is 10.1 Å². The minimum absolute atomic E-state index is 0.508. The molecule has 90 valence electrons. The molecule has 0 aliphatic carbocycles. The summed E-state index contributed by atoms with van der Waals surface area (Å²) in [6, 6.07) is 3.76. The van der Waals surface area contributed by atoms with Gasteiger partial charge in [0.2, 0.25) is 0 Å². The number of hydrogen-bond donors (Lipinski definition) is 1. The largest absolute Gasteiger partial charge is 0.386 e. The summed E-state index contributed by atoms with van der Waals surface area (Å²) in [4.78, 5) is 3.94. The van der Waals surface area contributed by atoms with Gasteiger partial charge in [-0.25, -0.2) is 0 Å². The Labute approximate surface area is 105 Å². The van der Waals surface area contributed by atoms with Crippen LogP contribution < -0.4 is 0 Å². The maximum Gasteiger partial charge on any atom is 0.101 e. The van der Waals surface area contributed by atoms with Crippen LogP contribution in [0.2, 0.25) is 5.02 Å². The molecule has 0 spiro atoms. The lowest BCUT2D eigenvalue weighted by atomic mass is 10.1. The SMILES string of the molecule is CCn1ncc(Cl)c1C(O)Cc1ccncc1. The summed E-state index contributed by atoms with van der Waals surface area (Å²) in [6.45, 7) is 2.65. The average Bonchev–Trinajstić information content (AvgIpc) is 2.71. The van der Waals surface area contributed by atoms with Crippen molar-refractivity contribution in [3.05, 3.63) is 47.0 Å². The van der Waals surface area contributed by atoms with Crippen molar-refractivity contribution in [2.45, 2.75) is 26.0 Å². The molecule has 0 saturated carbocycles. The highest BCUT2D eigenvalue weighted by atomic mass is 35.5. The van der Waals surface area contributed by atoms with E-state index in [-0.39, 0.29) is 0 Å². The van der Waals surface area contributed by atoms with Crippen LogP contribution in [-0.4, -0.2) is 19.9 Å². The lowest BCUT2D eigenvalue weighted by molar-refractivity contribution is 0.167. The van der Waals surface area contributed by atoms with Crippen molar-refractivity contribution < 1.29 is 5.11 Å². The Morgan fingerprint density at radius 3 is 2.76 bits per heavy atom. The third kappa shape index (κ3) is 2.65. The number of aliphatic hydroxyl groups is 1. The summed E-state index contributed by atoms with van der Waals surface area (Å²) in [7, 11) is 0. The quantitative estimate of drug-likeness (QED) is 0.907. The third-order valence-corrected chi connectivity index (χ3v) is 2.92. The fraction of sp³-hybridized carbons (Fsp3) is 0.333. The van der Waals surface area contributed by atoms with Crippen molar-refractivity contribution in [1.82, 2.24) is 14.8 Å². The summed E-state index contributed by atoms with van der Waals surface area (Å²) < 4.78 is 1.72. The smallest absolute Gasteiger partial charge is 0.101 e. The zero-order valence-electron chi connectivity index (χ0n) is 9.55. The Balaban J connectivity index is 2.20. The van der Waals surface area contributed by atoms with E-state index >= 15 is 0 Å². The molecular weight excluding hydrogens is 238 g/mol. The predicted octanol–water partition coefficient (Wildman–Crippen LogP) is 2.23. The van der Waals surface area contributed by atoms with Crippen LogP contribution in [0.4, 0.5) is 0 Å². The van der Waals surface area contributed by atoms with Crippen molar-refractivity contribution in [2.24, 2.45) is 0 Å². The molecule has 0 fully saturated rings. The van der Waals surface area contributed by atoms with Crippen LogP contribution >= 0.6 is 11.6 Å². The van der Waals surface area contributed by atoms with Gasteiger partial charge in [-0.05, 0) is 24.6 Å². The van der Waals surface area contributed by atoms with E-state index in [4.69, 9.17) is 11.6 Å². The molecule has 0 aromatic carbocycles.